The number of nitrogens with one attached hydrogen (secondary N) is 1. The van der Waals surface area contributed by atoms with E-state index in [0.717, 1.165) is 36.0 Å². The van der Waals surface area contributed by atoms with Crippen molar-refractivity contribution in [3.05, 3.63) is 40.3 Å². The highest BCUT2D eigenvalue weighted by atomic mass is 32.1. The lowest BCUT2D eigenvalue weighted by Gasteiger charge is -2.26. The molecule has 4 atom stereocenters. The van der Waals surface area contributed by atoms with Gasteiger partial charge >= 0.3 is 11.9 Å². The third-order valence-electron chi connectivity index (χ3n) is 6.60. The number of thiophene rings is 1. The molecule has 30 heavy (non-hydrogen) atoms. The van der Waals surface area contributed by atoms with Crippen LogP contribution in [0.3, 0.4) is 0 Å². The van der Waals surface area contributed by atoms with Crippen LogP contribution in [0.2, 0.25) is 0 Å². The number of carboxylic acids is 1. The Hall–Kier alpha value is -2.67. The van der Waals surface area contributed by atoms with Gasteiger partial charge in [0.15, 0.2) is 0 Å². The smallest absolute Gasteiger partial charge is 0.341 e. The molecule has 1 aromatic heterocycles. The highest BCUT2D eigenvalue weighted by molar-refractivity contribution is 7.15. The summed E-state index contributed by atoms with van der Waals surface area (Å²) in [4.78, 5) is 37.5. The fourth-order valence-electron chi connectivity index (χ4n) is 5.20. The van der Waals surface area contributed by atoms with E-state index in [9.17, 15) is 19.5 Å². The second kappa shape index (κ2) is 7.87. The number of esters is 1. The number of carboxylic acid groups (broad SMARTS) is 1. The van der Waals surface area contributed by atoms with Crippen LogP contribution < -0.4 is 5.32 Å². The van der Waals surface area contributed by atoms with Crippen LogP contribution in [0.1, 0.15) is 40.7 Å². The predicted molar refractivity (Wildman–Crippen MR) is 115 cm³/mol. The molecule has 0 unspecified atom stereocenters. The number of fused-ring (bicyclic) bond motifs is 2. The van der Waals surface area contributed by atoms with Gasteiger partial charge in [0.05, 0.1) is 18.9 Å². The minimum absolute atomic E-state index is 0.0668. The molecule has 158 valence electrons. The molecule has 2 aliphatic carbocycles. The average Bonchev–Trinajstić information content (AvgIpc) is 3.43. The molecule has 6 nitrogen and oxygen atoms in total. The molecule has 0 aliphatic heterocycles. The van der Waals surface area contributed by atoms with E-state index in [1.807, 2.05) is 37.4 Å². The summed E-state index contributed by atoms with van der Waals surface area (Å²) in [7, 11) is 1.31. The van der Waals surface area contributed by atoms with Gasteiger partial charge in [0.1, 0.15) is 10.6 Å². The summed E-state index contributed by atoms with van der Waals surface area (Å²) < 4.78 is 5.01. The number of carbonyl (C=O) groups is 3. The molecule has 1 heterocycles. The number of carbonyl (C=O) groups excluding carboxylic acids is 2. The number of aryl methyl sites for hydroxylation is 2. The molecule has 2 N–H and O–H groups in total. The van der Waals surface area contributed by atoms with Gasteiger partial charge in [-0.2, -0.15) is 0 Å². The Morgan fingerprint density at radius 1 is 1.10 bits per heavy atom. The minimum atomic E-state index is -0.905. The summed E-state index contributed by atoms with van der Waals surface area (Å²) in [6.07, 6.45) is 2.54. The molecule has 2 saturated carbocycles. The first-order valence-corrected chi connectivity index (χ1v) is 11.0. The second-order valence-electron chi connectivity index (χ2n) is 8.38. The Morgan fingerprint density at radius 2 is 1.80 bits per heavy atom. The molecule has 2 aliphatic rings. The zero-order chi connectivity index (χ0) is 21.6. The number of hydrogen-bond acceptors (Lipinski definition) is 5. The molecule has 1 aromatic carbocycles. The number of benzene rings is 1. The maximum absolute atomic E-state index is 13.1. The molecular formula is C23H25NO5S. The van der Waals surface area contributed by atoms with Crippen LogP contribution in [0.5, 0.6) is 0 Å². The molecule has 1 amide bonds. The van der Waals surface area contributed by atoms with Crippen molar-refractivity contribution in [2.45, 2.75) is 33.1 Å². The fourth-order valence-corrected chi connectivity index (χ4v) is 6.15. The van der Waals surface area contributed by atoms with Crippen molar-refractivity contribution in [3.63, 3.8) is 0 Å². The molecule has 4 rings (SSSR count). The van der Waals surface area contributed by atoms with E-state index >= 15 is 0 Å². The number of methoxy groups -OCH3 is 1. The SMILES string of the molecule is COC(=O)c1c(-c2cc(C)ccc2C)csc1NC(=O)[C@H]1[C@@H]2CC[C@@H](C2)[C@@H]1C(=O)O. The van der Waals surface area contributed by atoms with E-state index in [1.165, 1.54) is 18.4 Å². The number of rotatable bonds is 5. The summed E-state index contributed by atoms with van der Waals surface area (Å²) in [5, 5.41) is 14.8. The van der Waals surface area contributed by atoms with Gasteiger partial charge in [-0.25, -0.2) is 4.79 Å². The molecule has 2 bridgehead atoms. The van der Waals surface area contributed by atoms with Gasteiger partial charge in [-0.05, 0) is 56.1 Å². The number of amides is 1. The molecule has 2 aromatic rings. The van der Waals surface area contributed by atoms with Gasteiger partial charge in [0.25, 0.3) is 0 Å². The van der Waals surface area contributed by atoms with Crippen molar-refractivity contribution in [3.8, 4) is 11.1 Å². The van der Waals surface area contributed by atoms with Crippen LogP contribution in [0.4, 0.5) is 5.00 Å². The van der Waals surface area contributed by atoms with Crippen LogP contribution in [0.15, 0.2) is 23.6 Å². The minimum Gasteiger partial charge on any atom is -0.481 e. The average molecular weight is 428 g/mol. The van der Waals surface area contributed by atoms with Gasteiger partial charge in [-0.1, -0.05) is 23.8 Å². The molecule has 0 saturated heterocycles. The fraction of sp³-hybridized carbons (Fsp3) is 0.435. The molecule has 0 radical (unpaired) electrons. The third-order valence-corrected chi connectivity index (χ3v) is 7.50. The lowest BCUT2D eigenvalue weighted by atomic mass is 9.78. The second-order valence-corrected chi connectivity index (χ2v) is 9.26. The van der Waals surface area contributed by atoms with Crippen LogP contribution in [-0.2, 0) is 14.3 Å². The third kappa shape index (κ3) is 3.41. The van der Waals surface area contributed by atoms with Crippen molar-refractivity contribution in [1.29, 1.82) is 0 Å². The zero-order valence-corrected chi connectivity index (χ0v) is 18.0. The van der Waals surface area contributed by atoms with Gasteiger partial charge in [0, 0.05) is 10.9 Å². The standard InChI is InChI=1S/C23H25NO5S/c1-11-4-5-12(2)15(8-11)16-10-30-21(19(16)23(28)29-3)24-20(25)17-13-6-7-14(9-13)18(17)22(26)27/h4-5,8,10,13-14,17-18H,6-7,9H2,1-3H3,(H,24,25)(H,26,27)/t13-,14+,17+,18+/m1/s1. The first-order chi connectivity index (χ1) is 14.3. The maximum atomic E-state index is 13.1. The summed E-state index contributed by atoms with van der Waals surface area (Å²) in [6.45, 7) is 3.95. The summed E-state index contributed by atoms with van der Waals surface area (Å²) >= 11 is 1.27. The van der Waals surface area contributed by atoms with E-state index in [4.69, 9.17) is 4.74 Å². The largest absolute Gasteiger partial charge is 0.481 e. The van der Waals surface area contributed by atoms with E-state index < -0.39 is 23.8 Å². The summed E-state index contributed by atoms with van der Waals surface area (Å²) in [6, 6.07) is 6.01. The summed E-state index contributed by atoms with van der Waals surface area (Å²) in [5.41, 5.74) is 4.02. The van der Waals surface area contributed by atoms with Crippen molar-refractivity contribution < 1.29 is 24.2 Å². The van der Waals surface area contributed by atoms with E-state index in [1.54, 1.807) is 0 Å². The molecule has 0 spiro atoms. The molecular weight excluding hydrogens is 402 g/mol. The van der Waals surface area contributed by atoms with Gasteiger partial charge in [-0.15, -0.1) is 11.3 Å². The van der Waals surface area contributed by atoms with Crippen molar-refractivity contribution in [2.24, 2.45) is 23.7 Å². The number of anilines is 1. The maximum Gasteiger partial charge on any atom is 0.341 e. The zero-order valence-electron chi connectivity index (χ0n) is 17.2. The normalized spacial score (nSPS) is 24.6. The Labute approximate surface area is 179 Å². The van der Waals surface area contributed by atoms with E-state index in [-0.39, 0.29) is 17.7 Å². The van der Waals surface area contributed by atoms with Gasteiger partial charge in [-0.3, -0.25) is 9.59 Å². The predicted octanol–water partition coefficient (Wildman–Crippen LogP) is 4.50. The topological polar surface area (TPSA) is 92.7 Å². The van der Waals surface area contributed by atoms with Crippen LogP contribution >= 0.6 is 11.3 Å². The Balaban J connectivity index is 1.69. The van der Waals surface area contributed by atoms with Gasteiger partial charge in [0.2, 0.25) is 5.91 Å². The lowest BCUT2D eigenvalue weighted by molar-refractivity contribution is -0.148. The Kier molecular flexibility index (Phi) is 5.40. The number of hydrogen-bond donors (Lipinski definition) is 2. The number of aliphatic carboxylic acids is 1. The first-order valence-electron chi connectivity index (χ1n) is 10.1. The van der Waals surface area contributed by atoms with E-state index in [0.29, 0.717) is 16.1 Å². The molecule has 7 heteroatoms. The quantitative estimate of drug-likeness (QED) is 0.685. The van der Waals surface area contributed by atoms with Crippen LogP contribution in [0, 0.1) is 37.5 Å². The van der Waals surface area contributed by atoms with E-state index in [2.05, 4.69) is 5.32 Å². The molecule has 2 fully saturated rings. The lowest BCUT2D eigenvalue weighted by Crippen LogP contribution is -2.37. The van der Waals surface area contributed by atoms with Crippen molar-refractivity contribution in [2.75, 3.05) is 12.4 Å². The monoisotopic (exact) mass is 427 g/mol. The van der Waals surface area contributed by atoms with Crippen molar-refractivity contribution in [1.82, 2.24) is 0 Å². The van der Waals surface area contributed by atoms with Crippen molar-refractivity contribution >= 4 is 34.2 Å². The highest BCUT2D eigenvalue weighted by Gasteiger charge is 2.54. The Morgan fingerprint density at radius 3 is 2.47 bits per heavy atom. The highest BCUT2D eigenvalue weighted by Crippen LogP contribution is 2.53. The number of ether oxygens (including phenoxy) is 1. The van der Waals surface area contributed by atoms with Crippen LogP contribution in [-0.4, -0.2) is 30.1 Å². The van der Waals surface area contributed by atoms with Crippen LogP contribution in [0.25, 0.3) is 11.1 Å². The first kappa shape index (κ1) is 20.6. The summed E-state index contributed by atoms with van der Waals surface area (Å²) in [5.74, 6) is -2.79. The van der Waals surface area contributed by atoms with Gasteiger partial charge < -0.3 is 15.2 Å². The Bertz CT molecular complexity index is 1030.